The maximum atomic E-state index is 13.0. The molecular weight excluding hydrogens is 214 g/mol. The van der Waals surface area contributed by atoms with Crippen LogP contribution >= 0.6 is 0 Å². The SMILES string of the molecule is NN1CCCC(c2cc(F)cc(F)c2)C1=O. The highest BCUT2D eigenvalue weighted by molar-refractivity contribution is 5.83. The summed E-state index contributed by atoms with van der Waals surface area (Å²) in [6, 6.07) is 3.16. The summed E-state index contributed by atoms with van der Waals surface area (Å²) in [6.07, 6.45) is 1.32. The maximum absolute atomic E-state index is 13.0. The van der Waals surface area contributed by atoms with Crippen LogP contribution in [0, 0.1) is 11.6 Å². The number of hydrazine groups is 1. The van der Waals surface area contributed by atoms with Gasteiger partial charge in [-0.1, -0.05) is 0 Å². The second-order valence-electron chi connectivity index (χ2n) is 3.93. The predicted molar refractivity (Wildman–Crippen MR) is 54.2 cm³/mol. The molecule has 2 rings (SSSR count). The van der Waals surface area contributed by atoms with Crippen LogP contribution in [-0.2, 0) is 4.79 Å². The molecule has 0 bridgehead atoms. The number of carbonyl (C=O) groups excluding carboxylic acids is 1. The third-order valence-electron chi connectivity index (χ3n) is 2.76. The van der Waals surface area contributed by atoms with Crippen LogP contribution in [0.5, 0.6) is 0 Å². The highest BCUT2D eigenvalue weighted by atomic mass is 19.1. The van der Waals surface area contributed by atoms with Crippen molar-refractivity contribution in [1.82, 2.24) is 5.01 Å². The molecule has 16 heavy (non-hydrogen) atoms. The van der Waals surface area contributed by atoms with Crippen molar-refractivity contribution in [1.29, 1.82) is 0 Å². The molecule has 0 saturated carbocycles. The summed E-state index contributed by atoms with van der Waals surface area (Å²) in [4.78, 5) is 11.7. The van der Waals surface area contributed by atoms with Crippen LogP contribution in [0.3, 0.4) is 0 Å². The Morgan fingerprint density at radius 1 is 1.25 bits per heavy atom. The van der Waals surface area contributed by atoms with Crippen LogP contribution in [0.25, 0.3) is 0 Å². The van der Waals surface area contributed by atoms with Crippen molar-refractivity contribution < 1.29 is 13.6 Å². The van der Waals surface area contributed by atoms with E-state index in [4.69, 9.17) is 5.84 Å². The minimum atomic E-state index is -0.669. The summed E-state index contributed by atoms with van der Waals surface area (Å²) in [7, 11) is 0. The first-order valence-electron chi connectivity index (χ1n) is 5.10. The molecule has 1 atom stereocenters. The average molecular weight is 226 g/mol. The molecule has 1 unspecified atom stereocenters. The van der Waals surface area contributed by atoms with Crippen LogP contribution in [0.15, 0.2) is 18.2 Å². The normalized spacial score (nSPS) is 21.3. The number of nitrogens with zero attached hydrogens (tertiary/aromatic N) is 1. The van der Waals surface area contributed by atoms with Gasteiger partial charge in [0.05, 0.1) is 5.92 Å². The number of amides is 1. The fourth-order valence-corrected chi connectivity index (χ4v) is 1.99. The van der Waals surface area contributed by atoms with E-state index in [9.17, 15) is 13.6 Å². The zero-order valence-electron chi connectivity index (χ0n) is 8.62. The second kappa shape index (κ2) is 4.17. The summed E-state index contributed by atoms with van der Waals surface area (Å²) in [5.74, 6) is 3.33. The zero-order valence-corrected chi connectivity index (χ0v) is 8.62. The van der Waals surface area contributed by atoms with Crippen LogP contribution in [-0.4, -0.2) is 17.5 Å². The first-order valence-corrected chi connectivity index (χ1v) is 5.10. The van der Waals surface area contributed by atoms with E-state index in [1.54, 1.807) is 0 Å². The largest absolute Gasteiger partial charge is 0.280 e. The number of halogens is 2. The van der Waals surface area contributed by atoms with E-state index in [0.717, 1.165) is 17.5 Å². The van der Waals surface area contributed by atoms with Gasteiger partial charge in [0.1, 0.15) is 11.6 Å². The minimum Gasteiger partial charge on any atom is -0.280 e. The van der Waals surface area contributed by atoms with Crippen molar-refractivity contribution in [2.45, 2.75) is 18.8 Å². The van der Waals surface area contributed by atoms with Crippen molar-refractivity contribution >= 4 is 5.91 Å². The summed E-state index contributed by atoms with van der Waals surface area (Å²) >= 11 is 0. The molecule has 0 aliphatic carbocycles. The molecule has 1 aromatic rings. The van der Waals surface area contributed by atoms with Crippen molar-refractivity contribution in [3.63, 3.8) is 0 Å². The molecule has 1 amide bonds. The highest BCUT2D eigenvalue weighted by Gasteiger charge is 2.28. The van der Waals surface area contributed by atoms with Crippen LogP contribution in [0.4, 0.5) is 8.78 Å². The van der Waals surface area contributed by atoms with Crippen molar-refractivity contribution in [3.8, 4) is 0 Å². The van der Waals surface area contributed by atoms with Crippen molar-refractivity contribution in [3.05, 3.63) is 35.4 Å². The predicted octanol–water partition coefficient (Wildman–Crippen LogP) is 1.54. The van der Waals surface area contributed by atoms with Gasteiger partial charge in [0.15, 0.2) is 0 Å². The average Bonchev–Trinajstić information content (AvgIpc) is 2.20. The lowest BCUT2D eigenvalue weighted by molar-refractivity contribution is -0.135. The number of hydrogen-bond acceptors (Lipinski definition) is 2. The molecule has 0 spiro atoms. The maximum Gasteiger partial charge on any atom is 0.244 e. The van der Waals surface area contributed by atoms with Gasteiger partial charge in [-0.25, -0.2) is 14.6 Å². The molecule has 1 fully saturated rings. The van der Waals surface area contributed by atoms with Gasteiger partial charge in [0.25, 0.3) is 0 Å². The number of benzene rings is 1. The summed E-state index contributed by atoms with van der Waals surface area (Å²) in [6.45, 7) is 0.493. The Kier molecular flexibility index (Phi) is 2.87. The van der Waals surface area contributed by atoms with E-state index >= 15 is 0 Å². The van der Waals surface area contributed by atoms with Crippen molar-refractivity contribution in [2.75, 3.05) is 6.54 Å². The van der Waals surface area contributed by atoms with Gasteiger partial charge in [-0.05, 0) is 30.5 Å². The molecule has 2 N–H and O–H groups in total. The molecule has 1 aromatic carbocycles. The summed E-state index contributed by atoms with van der Waals surface area (Å²) in [5, 5.41) is 1.11. The fourth-order valence-electron chi connectivity index (χ4n) is 1.99. The first-order chi connectivity index (χ1) is 7.58. The van der Waals surface area contributed by atoms with Gasteiger partial charge in [-0.3, -0.25) is 9.80 Å². The molecular formula is C11H12F2N2O. The van der Waals surface area contributed by atoms with E-state index in [2.05, 4.69) is 0 Å². The Balaban J connectivity index is 2.32. The Hall–Kier alpha value is -1.49. The van der Waals surface area contributed by atoms with E-state index in [0.29, 0.717) is 18.5 Å². The molecule has 0 aromatic heterocycles. The van der Waals surface area contributed by atoms with E-state index in [1.165, 1.54) is 12.1 Å². The van der Waals surface area contributed by atoms with Crippen molar-refractivity contribution in [2.24, 2.45) is 5.84 Å². The standard InChI is InChI=1S/C11H12F2N2O/c12-8-4-7(5-9(13)6-8)10-2-1-3-15(14)11(10)16/h4-6,10H,1-3,14H2. The van der Waals surface area contributed by atoms with E-state index in [1.807, 2.05) is 0 Å². The van der Waals surface area contributed by atoms with Crippen LogP contribution in [0.2, 0.25) is 0 Å². The number of rotatable bonds is 1. The van der Waals surface area contributed by atoms with Gasteiger partial charge in [0.2, 0.25) is 5.91 Å². The fraction of sp³-hybridized carbons (Fsp3) is 0.364. The molecule has 1 aliphatic heterocycles. The molecule has 1 heterocycles. The number of hydrogen-bond donors (Lipinski definition) is 1. The number of nitrogens with two attached hydrogens (primary N) is 1. The smallest absolute Gasteiger partial charge is 0.244 e. The van der Waals surface area contributed by atoms with Crippen LogP contribution < -0.4 is 5.84 Å². The Labute approximate surface area is 91.8 Å². The van der Waals surface area contributed by atoms with Gasteiger partial charge in [0, 0.05) is 12.6 Å². The van der Waals surface area contributed by atoms with Gasteiger partial charge in [-0.2, -0.15) is 0 Å². The minimum absolute atomic E-state index is 0.281. The van der Waals surface area contributed by atoms with Crippen LogP contribution in [0.1, 0.15) is 24.3 Å². The monoisotopic (exact) mass is 226 g/mol. The lowest BCUT2D eigenvalue weighted by Crippen LogP contribution is -2.44. The molecule has 86 valence electrons. The molecule has 1 saturated heterocycles. The summed E-state index contributed by atoms with van der Waals surface area (Å²) in [5.41, 5.74) is 0.359. The topological polar surface area (TPSA) is 46.3 Å². The molecule has 3 nitrogen and oxygen atoms in total. The number of piperidine rings is 1. The molecule has 0 radical (unpaired) electrons. The number of carbonyl (C=O) groups is 1. The Morgan fingerprint density at radius 3 is 2.50 bits per heavy atom. The first kappa shape index (κ1) is 11.0. The molecule has 5 heteroatoms. The van der Waals surface area contributed by atoms with E-state index < -0.39 is 17.6 Å². The van der Waals surface area contributed by atoms with Gasteiger partial charge >= 0.3 is 0 Å². The summed E-state index contributed by atoms with van der Waals surface area (Å²) < 4.78 is 26.0. The van der Waals surface area contributed by atoms with Gasteiger partial charge < -0.3 is 0 Å². The lowest BCUT2D eigenvalue weighted by atomic mass is 9.90. The zero-order chi connectivity index (χ0) is 11.7. The molecule has 1 aliphatic rings. The quantitative estimate of drug-likeness (QED) is 0.583. The Morgan fingerprint density at radius 2 is 1.88 bits per heavy atom. The lowest BCUT2D eigenvalue weighted by Gasteiger charge is -2.28. The highest BCUT2D eigenvalue weighted by Crippen LogP contribution is 2.27. The third kappa shape index (κ3) is 2.04. The Bertz CT molecular complexity index is 402. The second-order valence-corrected chi connectivity index (χ2v) is 3.93. The van der Waals surface area contributed by atoms with E-state index in [-0.39, 0.29) is 5.91 Å². The third-order valence-corrected chi connectivity index (χ3v) is 2.76. The van der Waals surface area contributed by atoms with Gasteiger partial charge in [-0.15, -0.1) is 0 Å².